The zero-order valence-electron chi connectivity index (χ0n) is 26.2. The molecule has 4 aromatic carbocycles. The van der Waals surface area contributed by atoms with Crippen molar-refractivity contribution >= 4 is 0 Å². The van der Waals surface area contributed by atoms with Crippen molar-refractivity contribution in [3.05, 3.63) is 144 Å². The monoisotopic (exact) mass is 574 g/mol. The largest absolute Gasteiger partial charge is 0.280 e. The fraction of sp³-hybridized carbons (Fsp3) is 0.333. The van der Waals surface area contributed by atoms with Crippen LogP contribution in [0.2, 0.25) is 0 Å². The first-order valence-corrected chi connectivity index (χ1v) is 16.2. The summed E-state index contributed by atoms with van der Waals surface area (Å²) in [4.78, 5) is 5.58. The Morgan fingerprint density at radius 3 is 1.52 bits per heavy atom. The fourth-order valence-corrected chi connectivity index (χ4v) is 8.70. The molecule has 0 aromatic heterocycles. The number of benzene rings is 4. The van der Waals surface area contributed by atoms with Crippen LogP contribution in [0, 0.1) is 40.4 Å². The number of fused-ring (bicyclic) bond motifs is 5. The lowest BCUT2D eigenvalue weighted by molar-refractivity contribution is -0.0583. The van der Waals surface area contributed by atoms with Gasteiger partial charge in [0.2, 0.25) is 0 Å². The van der Waals surface area contributed by atoms with Crippen molar-refractivity contribution in [2.24, 2.45) is 16.7 Å². The Labute approximate surface area is 264 Å². The summed E-state index contributed by atoms with van der Waals surface area (Å²) in [6.07, 6.45) is 2.53. The Morgan fingerprint density at radius 2 is 1.02 bits per heavy atom. The van der Waals surface area contributed by atoms with Gasteiger partial charge >= 0.3 is 0 Å². The normalized spacial score (nSPS) is 26.8. The highest BCUT2D eigenvalue weighted by atomic mass is 15.4. The second kappa shape index (κ2) is 11.8. The Bertz CT molecular complexity index is 1690. The molecule has 44 heavy (non-hydrogen) atoms. The van der Waals surface area contributed by atoms with Gasteiger partial charge in [0, 0.05) is 36.3 Å². The summed E-state index contributed by atoms with van der Waals surface area (Å²) in [6.45, 7) is 9.58. The number of hydrogen-bond acceptors (Lipinski definition) is 2. The van der Waals surface area contributed by atoms with Gasteiger partial charge in [0.05, 0.1) is 12.1 Å². The molecule has 7 rings (SSSR count). The predicted octanol–water partition coefficient (Wildman–Crippen LogP) is 8.38. The minimum atomic E-state index is 0.0311. The highest BCUT2D eigenvalue weighted by Crippen LogP contribution is 2.69. The van der Waals surface area contributed by atoms with Gasteiger partial charge in [-0.15, -0.1) is 0 Å². The topological polar surface area (TPSA) is 6.48 Å². The van der Waals surface area contributed by atoms with Crippen LogP contribution in [0.1, 0.15) is 68.0 Å². The lowest BCUT2D eigenvalue weighted by Gasteiger charge is -2.55. The van der Waals surface area contributed by atoms with Crippen LogP contribution >= 0.6 is 0 Å². The van der Waals surface area contributed by atoms with Gasteiger partial charge in [-0.25, -0.2) is 0 Å². The fourth-order valence-electron chi connectivity index (χ4n) is 8.70. The molecule has 2 nitrogen and oxygen atoms in total. The molecule has 2 aliphatic carbocycles. The van der Waals surface area contributed by atoms with E-state index < -0.39 is 0 Å². The Morgan fingerprint density at radius 1 is 0.591 bits per heavy atom. The number of rotatable bonds is 4. The molecule has 3 fully saturated rings. The maximum absolute atomic E-state index is 3.79. The molecule has 1 heterocycles. The van der Waals surface area contributed by atoms with Crippen LogP contribution in [0.4, 0.5) is 0 Å². The SMILES string of the molecule is CC1(C)[C@@H]2CC[C@@]1(C)[C@H]1[C@@H]2N([C@H](C#Cc2ccccc2)c2ccccc2)CCN1[C@@H](C#Cc1ccccc1)c1ccccc1. The molecule has 0 N–H and O–H groups in total. The summed E-state index contributed by atoms with van der Waals surface area (Å²) in [7, 11) is 0. The van der Waals surface area contributed by atoms with Crippen molar-refractivity contribution in [1.82, 2.24) is 9.80 Å². The molecular formula is C42H42N2. The van der Waals surface area contributed by atoms with Crippen molar-refractivity contribution in [3.63, 3.8) is 0 Å². The first-order chi connectivity index (χ1) is 21.5. The number of nitrogens with zero attached hydrogens (tertiary/aromatic N) is 2. The zero-order chi connectivity index (χ0) is 30.1. The lowest BCUT2D eigenvalue weighted by atomic mass is 9.68. The molecule has 0 amide bonds. The van der Waals surface area contributed by atoms with Crippen molar-refractivity contribution in [2.45, 2.75) is 57.8 Å². The highest BCUT2D eigenvalue weighted by Gasteiger charge is 2.70. The molecule has 0 spiro atoms. The maximum atomic E-state index is 3.79. The van der Waals surface area contributed by atoms with E-state index in [1.165, 1.54) is 24.0 Å². The minimum Gasteiger partial charge on any atom is -0.280 e. The van der Waals surface area contributed by atoms with Gasteiger partial charge in [-0.1, -0.05) is 142 Å². The van der Waals surface area contributed by atoms with Crippen LogP contribution in [0.25, 0.3) is 0 Å². The Hall–Kier alpha value is -4.08. The molecule has 2 heteroatoms. The van der Waals surface area contributed by atoms with Crippen molar-refractivity contribution in [1.29, 1.82) is 0 Å². The van der Waals surface area contributed by atoms with Crippen molar-refractivity contribution in [3.8, 4) is 23.7 Å². The molecule has 2 bridgehead atoms. The van der Waals surface area contributed by atoms with Crippen molar-refractivity contribution in [2.75, 3.05) is 13.1 Å². The van der Waals surface area contributed by atoms with Gasteiger partial charge in [-0.3, -0.25) is 9.80 Å². The van der Waals surface area contributed by atoms with E-state index in [1.807, 2.05) is 0 Å². The second-order valence-electron chi connectivity index (χ2n) is 13.6. The highest BCUT2D eigenvalue weighted by molar-refractivity contribution is 5.41. The van der Waals surface area contributed by atoms with Crippen LogP contribution < -0.4 is 0 Å². The summed E-state index contributed by atoms with van der Waals surface area (Å²) in [5.41, 5.74) is 5.11. The van der Waals surface area contributed by atoms with Gasteiger partial charge in [0.15, 0.2) is 0 Å². The third kappa shape index (κ3) is 4.98. The first-order valence-electron chi connectivity index (χ1n) is 16.2. The van der Waals surface area contributed by atoms with Crippen molar-refractivity contribution < 1.29 is 0 Å². The smallest absolute Gasteiger partial charge is 0.0978 e. The molecule has 2 saturated carbocycles. The number of piperazine rings is 1. The quantitative estimate of drug-likeness (QED) is 0.226. The minimum absolute atomic E-state index is 0.0311. The van der Waals surface area contributed by atoms with E-state index in [9.17, 15) is 0 Å². The van der Waals surface area contributed by atoms with Gasteiger partial charge in [0.1, 0.15) is 0 Å². The zero-order valence-corrected chi connectivity index (χ0v) is 26.2. The van der Waals surface area contributed by atoms with Crippen LogP contribution in [0.5, 0.6) is 0 Å². The maximum Gasteiger partial charge on any atom is 0.0978 e. The Kier molecular flexibility index (Phi) is 7.68. The summed E-state index contributed by atoms with van der Waals surface area (Å²) in [6, 6.07) is 43.7. The molecule has 0 unspecified atom stereocenters. The van der Waals surface area contributed by atoms with Crippen LogP contribution in [0.3, 0.4) is 0 Å². The van der Waals surface area contributed by atoms with Crippen LogP contribution in [0.15, 0.2) is 121 Å². The summed E-state index contributed by atoms with van der Waals surface area (Å²) >= 11 is 0. The average Bonchev–Trinajstić information content (AvgIpc) is 3.41. The van der Waals surface area contributed by atoms with E-state index in [0.717, 1.165) is 24.2 Å². The van der Waals surface area contributed by atoms with E-state index in [1.54, 1.807) is 0 Å². The van der Waals surface area contributed by atoms with Gasteiger partial charge in [-0.05, 0) is 65.0 Å². The summed E-state index contributed by atoms with van der Waals surface area (Å²) < 4.78 is 0. The van der Waals surface area contributed by atoms with Crippen LogP contribution in [-0.4, -0.2) is 35.0 Å². The van der Waals surface area contributed by atoms with E-state index in [0.29, 0.717) is 18.0 Å². The van der Waals surface area contributed by atoms with E-state index in [-0.39, 0.29) is 22.9 Å². The predicted molar refractivity (Wildman–Crippen MR) is 181 cm³/mol. The molecule has 6 atom stereocenters. The molecular weight excluding hydrogens is 532 g/mol. The molecule has 3 aliphatic rings. The summed E-state index contributed by atoms with van der Waals surface area (Å²) in [5.74, 6) is 15.3. The summed E-state index contributed by atoms with van der Waals surface area (Å²) in [5, 5.41) is 0. The standard InChI is InChI=1S/C42H42N2/c1-41(2)36-28-29-42(41,3)40-39(36)43(37(34-20-12-6-13-21-34)26-24-32-16-8-4-9-17-32)30-31-44(40)38(35-22-14-7-15-23-35)27-25-33-18-10-5-11-19-33/h4-23,36-40H,28-31H2,1-3H3/t36-,37-,38+,39-,40-,42+/m1/s1. The first kappa shape index (κ1) is 28.7. The molecule has 1 aliphatic heterocycles. The number of hydrogen-bond donors (Lipinski definition) is 0. The van der Waals surface area contributed by atoms with Gasteiger partial charge < -0.3 is 0 Å². The Balaban J connectivity index is 1.33. The van der Waals surface area contributed by atoms with E-state index in [2.05, 4.69) is 176 Å². The van der Waals surface area contributed by atoms with Gasteiger partial charge in [0.25, 0.3) is 0 Å². The molecule has 0 radical (unpaired) electrons. The third-order valence-corrected chi connectivity index (χ3v) is 11.3. The molecule has 4 aromatic rings. The third-order valence-electron chi connectivity index (χ3n) is 11.3. The second-order valence-corrected chi connectivity index (χ2v) is 13.6. The van der Waals surface area contributed by atoms with E-state index >= 15 is 0 Å². The van der Waals surface area contributed by atoms with Crippen LogP contribution in [-0.2, 0) is 0 Å². The van der Waals surface area contributed by atoms with Gasteiger partial charge in [-0.2, -0.15) is 0 Å². The molecule has 220 valence electrons. The van der Waals surface area contributed by atoms with E-state index in [4.69, 9.17) is 0 Å². The average molecular weight is 575 g/mol. The molecule has 1 saturated heterocycles. The lowest BCUT2D eigenvalue weighted by Crippen LogP contribution is -2.64.